The van der Waals surface area contributed by atoms with Gasteiger partial charge in [-0.25, -0.2) is 4.79 Å². The van der Waals surface area contributed by atoms with Crippen molar-refractivity contribution in [2.24, 2.45) is 0 Å². The number of hydrogen-bond acceptors (Lipinski definition) is 5. The topological polar surface area (TPSA) is 81.5 Å². The lowest BCUT2D eigenvalue weighted by molar-refractivity contribution is -0.383. The zero-order chi connectivity index (χ0) is 15.4. The number of halogens is 1. The Morgan fingerprint density at radius 3 is 2.48 bits per heavy atom. The molecule has 0 radical (unpaired) electrons. The lowest BCUT2D eigenvalue weighted by Crippen LogP contribution is -2.01. The number of methoxy groups -OCH3 is 1. The summed E-state index contributed by atoms with van der Waals surface area (Å²) >= 11 is 3.28. The lowest BCUT2D eigenvalue weighted by Gasteiger charge is -2.08. The third kappa shape index (κ3) is 3.57. The van der Waals surface area contributed by atoms with E-state index in [9.17, 15) is 14.9 Å². The number of esters is 1. The summed E-state index contributed by atoms with van der Waals surface area (Å²) in [7, 11) is 1.30. The van der Waals surface area contributed by atoms with Gasteiger partial charge < -0.3 is 10.1 Å². The lowest BCUT2D eigenvalue weighted by atomic mass is 10.2. The summed E-state index contributed by atoms with van der Waals surface area (Å²) < 4.78 is 5.33. The van der Waals surface area contributed by atoms with E-state index >= 15 is 0 Å². The normalized spacial score (nSPS) is 10.0. The Morgan fingerprint density at radius 2 is 1.90 bits per heavy atom. The predicted molar refractivity (Wildman–Crippen MR) is 81.9 cm³/mol. The van der Waals surface area contributed by atoms with Crippen LogP contribution >= 0.6 is 15.9 Å². The van der Waals surface area contributed by atoms with Crippen molar-refractivity contribution in [2.45, 2.75) is 0 Å². The van der Waals surface area contributed by atoms with Crippen LogP contribution in [0.5, 0.6) is 0 Å². The van der Waals surface area contributed by atoms with Crippen LogP contribution in [0.1, 0.15) is 10.4 Å². The minimum absolute atomic E-state index is 0.0322. The highest BCUT2D eigenvalue weighted by Crippen LogP contribution is 2.30. The zero-order valence-electron chi connectivity index (χ0n) is 11.0. The molecule has 0 spiro atoms. The van der Waals surface area contributed by atoms with Crippen molar-refractivity contribution in [1.29, 1.82) is 0 Å². The van der Waals surface area contributed by atoms with Gasteiger partial charge in [0.15, 0.2) is 0 Å². The van der Waals surface area contributed by atoms with Crippen molar-refractivity contribution in [3.05, 3.63) is 62.6 Å². The standard InChI is InChI=1S/C14H11BrN2O4/c1-21-14(18)9-2-5-11(6-3-9)16-12-8-10(15)4-7-13(12)17(19)20/h2-8,16H,1H3. The van der Waals surface area contributed by atoms with Crippen LogP contribution in [0, 0.1) is 10.1 Å². The first-order valence-electron chi connectivity index (χ1n) is 5.90. The summed E-state index contributed by atoms with van der Waals surface area (Å²) in [5.74, 6) is -0.435. The van der Waals surface area contributed by atoms with Gasteiger partial charge in [0.1, 0.15) is 5.69 Å². The molecule has 2 aromatic carbocycles. The van der Waals surface area contributed by atoms with E-state index < -0.39 is 10.9 Å². The number of rotatable bonds is 4. The smallest absolute Gasteiger partial charge is 0.337 e. The van der Waals surface area contributed by atoms with E-state index in [0.29, 0.717) is 16.9 Å². The molecule has 0 aliphatic carbocycles. The van der Waals surface area contributed by atoms with Crippen molar-refractivity contribution < 1.29 is 14.5 Å². The number of nitrogens with zero attached hydrogens (tertiary/aromatic N) is 1. The van der Waals surface area contributed by atoms with Gasteiger partial charge in [-0.3, -0.25) is 10.1 Å². The van der Waals surface area contributed by atoms with Crippen LogP contribution in [0.25, 0.3) is 0 Å². The second-order valence-electron chi connectivity index (χ2n) is 4.11. The van der Waals surface area contributed by atoms with Gasteiger partial charge in [-0.05, 0) is 36.4 Å². The predicted octanol–water partition coefficient (Wildman–Crippen LogP) is 3.89. The number of carbonyl (C=O) groups excluding carboxylic acids is 1. The van der Waals surface area contributed by atoms with Crippen molar-refractivity contribution in [1.82, 2.24) is 0 Å². The van der Waals surface area contributed by atoms with E-state index in [1.165, 1.54) is 13.2 Å². The Bertz CT molecular complexity index is 686. The molecule has 2 rings (SSSR count). The monoisotopic (exact) mass is 350 g/mol. The summed E-state index contributed by atoms with van der Waals surface area (Å²) in [5.41, 5.74) is 1.37. The average molecular weight is 351 g/mol. The highest BCUT2D eigenvalue weighted by atomic mass is 79.9. The highest BCUT2D eigenvalue weighted by molar-refractivity contribution is 9.10. The van der Waals surface area contributed by atoms with E-state index in [-0.39, 0.29) is 5.69 Å². The first kappa shape index (κ1) is 15.0. The molecule has 0 atom stereocenters. The summed E-state index contributed by atoms with van der Waals surface area (Å²) in [6.45, 7) is 0. The molecular weight excluding hydrogens is 340 g/mol. The quantitative estimate of drug-likeness (QED) is 0.513. The Labute approximate surface area is 129 Å². The first-order chi connectivity index (χ1) is 10.0. The Balaban J connectivity index is 2.28. The number of anilines is 2. The van der Waals surface area contributed by atoms with Gasteiger partial charge in [0.25, 0.3) is 5.69 Å². The van der Waals surface area contributed by atoms with Gasteiger partial charge in [-0.2, -0.15) is 0 Å². The third-order valence-corrected chi connectivity index (χ3v) is 3.23. The fourth-order valence-electron chi connectivity index (χ4n) is 1.73. The van der Waals surface area contributed by atoms with Gasteiger partial charge in [-0.15, -0.1) is 0 Å². The van der Waals surface area contributed by atoms with Crippen LogP contribution in [0.2, 0.25) is 0 Å². The summed E-state index contributed by atoms with van der Waals surface area (Å²) in [6, 6.07) is 11.1. The molecule has 2 aromatic rings. The first-order valence-corrected chi connectivity index (χ1v) is 6.70. The summed E-state index contributed by atoms with van der Waals surface area (Å²) in [6.07, 6.45) is 0. The van der Waals surface area contributed by atoms with Crippen LogP contribution < -0.4 is 5.32 Å². The molecule has 0 amide bonds. The minimum atomic E-state index is -0.461. The van der Waals surface area contributed by atoms with Crippen molar-refractivity contribution >= 4 is 39.0 Å². The molecule has 21 heavy (non-hydrogen) atoms. The average Bonchev–Trinajstić information content (AvgIpc) is 2.47. The Hall–Kier alpha value is -2.41. The van der Waals surface area contributed by atoms with Crippen molar-refractivity contribution in [3.8, 4) is 0 Å². The fourth-order valence-corrected chi connectivity index (χ4v) is 2.09. The van der Waals surface area contributed by atoms with E-state index in [1.54, 1.807) is 36.4 Å². The van der Waals surface area contributed by atoms with E-state index in [2.05, 4.69) is 26.0 Å². The summed E-state index contributed by atoms with van der Waals surface area (Å²) in [5, 5.41) is 13.9. The van der Waals surface area contributed by atoms with Crippen LogP contribution in [0.4, 0.5) is 17.1 Å². The number of nitro benzene ring substituents is 1. The van der Waals surface area contributed by atoms with E-state index in [0.717, 1.165) is 4.47 Å². The Kier molecular flexibility index (Phi) is 4.54. The molecule has 0 aliphatic heterocycles. The maximum Gasteiger partial charge on any atom is 0.337 e. The molecule has 0 bridgehead atoms. The number of nitro groups is 1. The maximum atomic E-state index is 11.3. The maximum absolute atomic E-state index is 11.3. The van der Waals surface area contributed by atoms with E-state index in [4.69, 9.17) is 0 Å². The van der Waals surface area contributed by atoms with Crippen molar-refractivity contribution in [2.75, 3.05) is 12.4 Å². The molecule has 1 N–H and O–H groups in total. The molecular formula is C14H11BrN2O4. The molecule has 0 saturated heterocycles. The molecule has 0 saturated carbocycles. The zero-order valence-corrected chi connectivity index (χ0v) is 12.6. The number of nitrogens with one attached hydrogen (secondary N) is 1. The second-order valence-corrected chi connectivity index (χ2v) is 5.03. The SMILES string of the molecule is COC(=O)c1ccc(Nc2cc(Br)ccc2[N+](=O)[O-])cc1. The second kappa shape index (κ2) is 6.36. The van der Waals surface area contributed by atoms with Crippen molar-refractivity contribution in [3.63, 3.8) is 0 Å². The van der Waals surface area contributed by atoms with Crippen LogP contribution in [0.3, 0.4) is 0 Å². The van der Waals surface area contributed by atoms with Crippen LogP contribution in [0.15, 0.2) is 46.9 Å². The van der Waals surface area contributed by atoms with Crippen LogP contribution in [-0.2, 0) is 4.74 Å². The van der Waals surface area contributed by atoms with Crippen LogP contribution in [-0.4, -0.2) is 18.0 Å². The molecule has 108 valence electrons. The highest BCUT2D eigenvalue weighted by Gasteiger charge is 2.14. The molecule has 6 nitrogen and oxygen atoms in total. The molecule has 0 aromatic heterocycles. The summed E-state index contributed by atoms with van der Waals surface area (Å²) in [4.78, 5) is 21.9. The molecule has 0 fully saturated rings. The van der Waals surface area contributed by atoms with Gasteiger partial charge >= 0.3 is 5.97 Å². The third-order valence-electron chi connectivity index (χ3n) is 2.74. The fraction of sp³-hybridized carbons (Fsp3) is 0.0714. The van der Waals surface area contributed by atoms with E-state index in [1.807, 2.05) is 0 Å². The largest absolute Gasteiger partial charge is 0.465 e. The molecule has 0 heterocycles. The van der Waals surface area contributed by atoms with Gasteiger partial charge in [-0.1, -0.05) is 15.9 Å². The molecule has 0 unspecified atom stereocenters. The number of ether oxygens (including phenoxy) is 1. The van der Waals surface area contributed by atoms with Gasteiger partial charge in [0, 0.05) is 16.2 Å². The Morgan fingerprint density at radius 1 is 1.24 bits per heavy atom. The number of hydrogen-bond donors (Lipinski definition) is 1. The number of benzene rings is 2. The minimum Gasteiger partial charge on any atom is -0.465 e. The molecule has 0 aliphatic rings. The van der Waals surface area contributed by atoms with Gasteiger partial charge in [0.2, 0.25) is 0 Å². The van der Waals surface area contributed by atoms with Gasteiger partial charge in [0.05, 0.1) is 17.6 Å². The number of carbonyl (C=O) groups is 1. The molecule has 7 heteroatoms.